The van der Waals surface area contributed by atoms with Crippen LogP contribution in [0.3, 0.4) is 0 Å². The van der Waals surface area contributed by atoms with Gasteiger partial charge in [0, 0.05) is 17.5 Å². The van der Waals surface area contributed by atoms with Gasteiger partial charge in [-0.2, -0.15) is 0 Å². The summed E-state index contributed by atoms with van der Waals surface area (Å²) in [5.74, 6) is 0.279. The van der Waals surface area contributed by atoms with Crippen LogP contribution < -0.4 is 17.0 Å². The molecule has 0 aromatic carbocycles. The molecule has 14 heavy (non-hydrogen) atoms. The number of hydrogen-bond acceptors (Lipinski definition) is 4. The van der Waals surface area contributed by atoms with Crippen molar-refractivity contribution in [2.24, 2.45) is 5.73 Å². The number of hydrogen-bond donors (Lipinski definition) is 4. The molecule has 1 aromatic heterocycles. The van der Waals surface area contributed by atoms with Crippen molar-refractivity contribution >= 4 is 29.3 Å². The van der Waals surface area contributed by atoms with Crippen LogP contribution in [-0.4, -0.2) is 15.1 Å². The first-order chi connectivity index (χ1) is 6.09. The van der Waals surface area contributed by atoms with Gasteiger partial charge in [0.1, 0.15) is 0 Å². The molecule has 0 aliphatic heterocycles. The smallest absolute Gasteiger partial charge is 0.325 e. The molecule has 1 rings (SSSR count). The zero-order valence-electron chi connectivity index (χ0n) is 6.99. The molecule has 0 bridgehead atoms. The molecule has 0 saturated carbocycles. The Morgan fingerprint density at radius 3 is 2.71 bits per heavy atom. The van der Waals surface area contributed by atoms with E-state index in [0.717, 1.165) is 11.8 Å². The molecule has 0 aliphatic rings. The van der Waals surface area contributed by atoms with E-state index in [1.807, 2.05) is 0 Å². The van der Waals surface area contributed by atoms with Gasteiger partial charge < -0.3 is 10.7 Å². The van der Waals surface area contributed by atoms with Gasteiger partial charge in [0.15, 0.2) is 5.17 Å². The highest BCUT2D eigenvalue weighted by atomic mass is 35.5. The van der Waals surface area contributed by atoms with Crippen LogP contribution in [0.2, 0.25) is 0 Å². The summed E-state index contributed by atoms with van der Waals surface area (Å²) < 4.78 is 0. The lowest BCUT2D eigenvalue weighted by atomic mass is 10.4. The third-order valence-electron chi connectivity index (χ3n) is 1.28. The van der Waals surface area contributed by atoms with E-state index >= 15 is 0 Å². The molecular formula is C6H9ClN4O2S. The number of aromatic nitrogens is 2. The van der Waals surface area contributed by atoms with Gasteiger partial charge >= 0.3 is 5.69 Å². The molecule has 8 heteroatoms. The molecular weight excluding hydrogens is 228 g/mol. The number of H-pyrrole nitrogens is 2. The molecule has 0 spiro atoms. The predicted octanol–water partition coefficient (Wildman–Crippen LogP) is -0.388. The number of amidine groups is 1. The van der Waals surface area contributed by atoms with Gasteiger partial charge in [0.2, 0.25) is 0 Å². The predicted molar refractivity (Wildman–Crippen MR) is 58.1 cm³/mol. The molecule has 0 unspecified atom stereocenters. The van der Waals surface area contributed by atoms with E-state index in [4.69, 9.17) is 11.1 Å². The quantitative estimate of drug-likeness (QED) is 0.413. The summed E-state index contributed by atoms with van der Waals surface area (Å²) in [5, 5.41) is 6.85. The summed E-state index contributed by atoms with van der Waals surface area (Å²) in [7, 11) is 0. The van der Waals surface area contributed by atoms with Crippen molar-refractivity contribution in [1.82, 2.24) is 9.97 Å². The molecule has 0 radical (unpaired) electrons. The summed E-state index contributed by atoms with van der Waals surface area (Å²) >= 11 is 1.02. The Bertz CT molecular complexity index is 426. The molecule has 0 saturated heterocycles. The Morgan fingerprint density at radius 2 is 2.21 bits per heavy atom. The topological polar surface area (TPSA) is 116 Å². The SMILES string of the molecule is Cl.N=C(N)SCc1c[nH]c(=O)[nH]c1=O. The monoisotopic (exact) mass is 236 g/mol. The Morgan fingerprint density at radius 1 is 1.57 bits per heavy atom. The van der Waals surface area contributed by atoms with Crippen LogP contribution in [0.4, 0.5) is 0 Å². The van der Waals surface area contributed by atoms with Gasteiger partial charge in [-0.3, -0.25) is 15.2 Å². The number of nitrogens with two attached hydrogens (primary N) is 1. The van der Waals surface area contributed by atoms with Crippen molar-refractivity contribution in [3.8, 4) is 0 Å². The van der Waals surface area contributed by atoms with E-state index in [1.165, 1.54) is 6.20 Å². The average molecular weight is 237 g/mol. The summed E-state index contributed by atoms with van der Waals surface area (Å²) in [6.07, 6.45) is 1.32. The lowest BCUT2D eigenvalue weighted by Crippen LogP contribution is -2.24. The van der Waals surface area contributed by atoms with Gasteiger partial charge in [-0.25, -0.2) is 4.79 Å². The molecule has 0 amide bonds. The van der Waals surface area contributed by atoms with Crippen molar-refractivity contribution in [2.45, 2.75) is 5.75 Å². The van der Waals surface area contributed by atoms with Gasteiger partial charge in [0.05, 0.1) is 0 Å². The highest BCUT2D eigenvalue weighted by Crippen LogP contribution is 2.04. The lowest BCUT2D eigenvalue weighted by Gasteiger charge is -1.96. The maximum Gasteiger partial charge on any atom is 0.325 e. The molecule has 5 N–H and O–H groups in total. The van der Waals surface area contributed by atoms with E-state index in [9.17, 15) is 9.59 Å². The second-order valence-corrected chi connectivity index (χ2v) is 3.27. The van der Waals surface area contributed by atoms with Gasteiger partial charge in [-0.05, 0) is 0 Å². The van der Waals surface area contributed by atoms with Crippen molar-refractivity contribution in [1.29, 1.82) is 5.41 Å². The molecule has 6 nitrogen and oxygen atoms in total. The third kappa shape index (κ3) is 3.67. The first-order valence-electron chi connectivity index (χ1n) is 3.37. The van der Waals surface area contributed by atoms with Crippen LogP contribution in [-0.2, 0) is 5.75 Å². The molecule has 0 fully saturated rings. The van der Waals surface area contributed by atoms with E-state index in [0.29, 0.717) is 5.56 Å². The molecule has 0 aliphatic carbocycles. The second kappa shape index (κ2) is 5.51. The van der Waals surface area contributed by atoms with Gasteiger partial charge in [-0.1, -0.05) is 11.8 Å². The largest absolute Gasteiger partial charge is 0.379 e. The van der Waals surface area contributed by atoms with Crippen LogP contribution in [0.15, 0.2) is 15.8 Å². The van der Waals surface area contributed by atoms with Gasteiger partial charge in [0.25, 0.3) is 5.56 Å². The van der Waals surface area contributed by atoms with Crippen LogP contribution in [0.5, 0.6) is 0 Å². The fourth-order valence-corrected chi connectivity index (χ4v) is 1.23. The Hall–Kier alpha value is -1.21. The zero-order valence-corrected chi connectivity index (χ0v) is 8.63. The fourth-order valence-electron chi connectivity index (χ4n) is 0.700. The minimum absolute atomic E-state index is 0. The Balaban J connectivity index is 0.00000169. The fraction of sp³-hybridized carbons (Fsp3) is 0.167. The van der Waals surface area contributed by atoms with Gasteiger partial charge in [-0.15, -0.1) is 12.4 Å². The number of thioether (sulfide) groups is 1. The number of rotatable bonds is 2. The highest BCUT2D eigenvalue weighted by molar-refractivity contribution is 8.13. The van der Waals surface area contributed by atoms with Crippen LogP contribution >= 0.6 is 24.2 Å². The summed E-state index contributed by atoms with van der Waals surface area (Å²) in [6.45, 7) is 0. The van der Waals surface area contributed by atoms with Crippen molar-refractivity contribution in [2.75, 3.05) is 0 Å². The standard InChI is InChI=1S/C6H8N4O2S.ClH/c7-5(8)13-2-3-1-9-6(12)10-4(3)11;/h1H,2H2,(H3,7,8)(H2,9,10,11,12);1H. The Kier molecular flexibility index (Phi) is 5.03. The summed E-state index contributed by atoms with van der Waals surface area (Å²) in [5.41, 5.74) is 4.48. The molecule has 78 valence electrons. The highest BCUT2D eigenvalue weighted by Gasteiger charge is 2.00. The second-order valence-electron chi connectivity index (χ2n) is 2.25. The first-order valence-corrected chi connectivity index (χ1v) is 4.36. The summed E-state index contributed by atoms with van der Waals surface area (Å²) in [6, 6.07) is 0. The minimum atomic E-state index is -0.540. The van der Waals surface area contributed by atoms with E-state index in [2.05, 4.69) is 9.97 Å². The van der Waals surface area contributed by atoms with Crippen LogP contribution in [0, 0.1) is 5.41 Å². The number of nitrogens with one attached hydrogen (secondary N) is 3. The Labute approximate surface area is 89.2 Å². The van der Waals surface area contributed by atoms with E-state index in [-0.39, 0.29) is 23.3 Å². The molecule has 1 aromatic rings. The van der Waals surface area contributed by atoms with Crippen LogP contribution in [0.1, 0.15) is 5.56 Å². The number of aromatic amines is 2. The third-order valence-corrected chi connectivity index (χ3v) is 2.05. The maximum absolute atomic E-state index is 11.1. The minimum Gasteiger partial charge on any atom is -0.379 e. The maximum atomic E-state index is 11.1. The van der Waals surface area contributed by atoms with Crippen LogP contribution in [0.25, 0.3) is 0 Å². The number of halogens is 1. The average Bonchev–Trinajstić information content (AvgIpc) is 2.02. The van der Waals surface area contributed by atoms with Crippen molar-refractivity contribution in [3.63, 3.8) is 0 Å². The molecule has 0 atom stereocenters. The first kappa shape index (κ1) is 12.8. The summed E-state index contributed by atoms with van der Waals surface area (Å²) in [4.78, 5) is 26.0. The molecule has 1 heterocycles. The van der Waals surface area contributed by atoms with E-state index in [1.54, 1.807) is 0 Å². The van der Waals surface area contributed by atoms with Crippen molar-refractivity contribution < 1.29 is 0 Å². The van der Waals surface area contributed by atoms with E-state index < -0.39 is 11.2 Å². The lowest BCUT2D eigenvalue weighted by molar-refractivity contribution is 1.00. The normalized spacial score (nSPS) is 9.14. The van der Waals surface area contributed by atoms with Crippen molar-refractivity contribution in [3.05, 3.63) is 32.6 Å². The zero-order chi connectivity index (χ0) is 9.84.